The van der Waals surface area contributed by atoms with Crippen molar-refractivity contribution < 1.29 is 39.4 Å². The van der Waals surface area contributed by atoms with Crippen molar-refractivity contribution in [3.63, 3.8) is 0 Å². The summed E-state index contributed by atoms with van der Waals surface area (Å²) in [5, 5.41) is 49.0. The van der Waals surface area contributed by atoms with Gasteiger partial charge in [-0.15, -0.1) is 0 Å². The number of aliphatic hydroxyl groups is 4. The molecule has 0 saturated carbocycles. The second-order valence-corrected chi connectivity index (χ2v) is 5.43. The Bertz CT molecular complexity index is 784. The van der Waals surface area contributed by atoms with E-state index in [1.54, 1.807) is 0 Å². The summed E-state index contributed by atoms with van der Waals surface area (Å²) < 4.78 is 15.5. The van der Waals surface area contributed by atoms with Crippen LogP contribution in [0.25, 0.3) is 11.0 Å². The van der Waals surface area contributed by atoms with Gasteiger partial charge in [0.25, 0.3) is 0 Å². The first-order valence-electron chi connectivity index (χ1n) is 7.15. The SMILES string of the molecule is O=c1ccc2cc(O[C@@H]3O[C@@H](CO)[C@H](O)[C@@H](O)[C@@H]3O)c(O)cc2o1. The monoisotopic (exact) mass is 340 g/mol. The van der Waals surface area contributed by atoms with E-state index in [-0.39, 0.29) is 17.1 Å². The van der Waals surface area contributed by atoms with E-state index in [2.05, 4.69) is 0 Å². The highest BCUT2D eigenvalue weighted by atomic mass is 16.7. The maximum atomic E-state index is 11.2. The highest BCUT2D eigenvalue weighted by molar-refractivity contribution is 5.80. The molecule has 9 nitrogen and oxygen atoms in total. The van der Waals surface area contributed by atoms with Crippen molar-refractivity contribution in [1.82, 2.24) is 0 Å². The average molecular weight is 340 g/mol. The molecule has 1 aromatic carbocycles. The van der Waals surface area contributed by atoms with Gasteiger partial charge in [0.15, 0.2) is 11.5 Å². The highest BCUT2D eigenvalue weighted by Crippen LogP contribution is 2.33. The molecule has 130 valence electrons. The van der Waals surface area contributed by atoms with E-state index < -0.39 is 42.9 Å². The molecule has 0 aliphatic carbocycles. The second-order valence-electron chi connectivity index (χ2n) is 5.43. The third-order valence-corrected chi connectivity index (χ3v) is 3.79. The molecule has 1 fully saturated rings. The summed E-state index contributed by atoms with van der Waals surface area (Å²) in [5.74, 6) is -0.477. The molecule has 1 saturated heterocycles. The zero-order valence-electron chi connectivity index (χ0n) is 12.3. The van der Waals surface area contributed by atoms with E-state index in [1.165, 1.54) is 18.2 Å². The quantitative estimate of drug-likeness (QED) is 0.429. The minimum Gasteiger partial charge on any atom is -0.504 e. The van der Waals surface area contributed by atoms with Crippen LogP contribution in [-0.2, 0) is 4.74 Å². The van der Waals surface area contributed by atoms with Gasteiger partial charge in [0, 0.05) is 17.5 Å². The standard InChI is InChI=1S/C15H16O9/c16-5-10-12(19)13(20)14(21)15(24-10)23-9-3-6-1-2-11(18)22-8(6)4-7(9)17/h1-4,10,12-17,19-21H,5H2/t10-,12-,13+,14-,15+/m0/s1. The molecule has 2 heterocycles. The fourth-order valence-corrected chi connectivity index (χ4v) is 2.47. The zero-order valence-corrected chi connectivity index (χ0v) is 12.3. The van der Waals surface area contributed by atoms with Crippen molar-refractivity contribution in [2.24, 2.45) is 0 Å². The summed E-state index contributed by atoms with van der Waals surface area (Å²) in [5.41, 5.74) is -0.439. The van der Waals surface area contributed by atoms with Crippen molar-refractivity contribution >= 4 is 11.0 Å². The fourth-order valence-electron chi connectivity index (χ4n) is 2.47. The summed E-state index contributed by atoms with van der Waals surface area (Å²) in [6.45, 7) is -0.598. The van der Waals surface area contributed by atoms with E-state index in [0.29, 0.717) is 5.39 Å². The van der Waals surface area contributed by atoms with E-state index in [0.717, 1.165) is 6.07 Å². The number of ether oxygens (including phenoxy) is 2. The molecule has 3 rings (SSSR count). The van der Waals surface area contributed by atoms with Gasteiger partial charge in [0.2, 0.25) is 6.29 Å². The van der Waals surface area contributed by atoms with Crippen molar-refractivity contribution in [2.75, 3.05) is 6.61 Å². The molecular formula is C15H16O9. The number of hydrogen-bond acceptors (Lipinski definition) is 9. The molecule has 1 aliphatic rings. The number of rotatable bonds is 3. The summed E-state index contributed by atoms with van der Waals surface area (Å²) in [6.07, 6.45) is -7.27. The van der Waals surface area contributed by atoms with Gasteiger partial charge in [-0.2, -0.15) is 0 Å². The van der Waals surface area contributed by atoms with Crippen LogP contribution >= 0.6 is 0 Å². The number of phenols is 1. The largest absolute Gasteiger partial charge is 0.504 e. The van der Waals surface area contributed by atoms with Crippen LogP contribution in [0.2, 0.25) is 0 Å². The Balaban J connectivity index is 1.89. The summed E-state index contributed by atoms with van der Waals surface area (Å²) in [7, 11) is 0. The number of fused-ring (bicyclic) bond motifs is 1. The van der Waals surface area contributed by atoms with Crippen LogP contribution in [0.3, 0.4) is 0 Å². The van der Waals surface area contributed by atoms with Crippen LogP contribution in [0.5, 0.6) is 11.5 Å². The normalized spacial score (nSPS) is 30.4. The first-order valence-corrected chi connectivity index (χ1v) is 7.15. The van der Waals surface area contributed by atoms with Crippen LogP contribution in [0.4, 0.5) is 0 Å². The molecule has 0 spiro atoms. The van der Waals surface area contributed by atoms with Gasteiger partial charge in [-0.1, -0.05) is 0 Å². The van der Waals surface area contributed by atoms with Crippen LogP contribution < -0.4 is 10.4 Å². The molecule has 5 atom stereocenters. The molecule has 1 aromatic heterocycles. The Morgan fingerprint density at radius 1 is 1.08 bits per heavy atom. The molecule has 0 radical (unpaired) electrons. The maximum absolute atomic E-state index is 11.2. The lowest BCUT2D eigenvalue weighted by atomic mass is 9.99. The fraction of sp³-hybridized carbons (Fsp3) is 0.400. The third kappa shape index (κ3) is 2.95. The number of hydrogen-bond donors (Lipinski definition) is 5. The molecule has 2 aromatic rings. The molecule has 1 aliphatic heterocycles. The summed E-state index contributed by atoms with van der Waals surface area (Å²) in [4.78, 5) is 11.2. The number of aliphatic hydroxyl groups excluding tert-OH is 4. The lowest BCUT2D eigenvalue weighted by Crippen LogP contribution is -2.60. The van der Waals surface area contributed by atoms with Crippen LogP contribution in [0, 0.1) is 0 Å². The molecule has 5 N–H and O–H groups in total. The van der Waals surface area contributed by atoms with Crippen molar-refractivity contribution in [3.8, 4) is 11.5 Å². The minimum absolute atomic E-state index is 0.0966. The Morgan fingerprint density at radius 2 is 1.83 bits per heavy atom. The lowest BCUT2D eigenvalue weighted by molar-refractivity contribution is -0.277. The molecule has 9 heteroatoms. The summed E-state index contributed by atoms with van der Waals surface area (Å²) in [6, 6.07) is 5.17. The smallest absolute Gasteiger partial charge is 0.336 e. The van der Waals surface area contributed by atoms with E-state index in [9.17, 15) is 25.2 Å². The maximum Gasteiger partial charge on any atom is 0.336 e. The van der Waals surface area contributed by atoms with Gasteiger partial charge in [0.05, 0.1) is 6.61 Å². The van der Waals surface area contributed by atoms with Gasteiger partial charge in [0.1, 0.15) is 30.0 Å². The van der Waals surface area contributed by atoms with Crippen LogP contribution in [-0.4, -0.2) is 62.8 Å². The van der Waals surface area contributed by atoms with Crippen molar-refractivity contribution in [1.29, 1.82) is 0 Å². The minimum atomic E-state index is -1.60. The number of aromatic hydroxyl groups is 1. The topological polar surface area (TPSA) is 150 Å². The van der Waals surface area contributed by atoms with E-state index in [1.807, 2.05) is 0 Å². The Labute approximate surface area is 134 Å². The van der Waals surface area contributed by atoms with Gasteiger partial charge < -0.3 is 39.4 Å². The Kier molecular flexibility index (Phi) is 4.43. The highest BCUT2D eigenvalue weighted by Gasteiger charge is 2.44. The second kappa shape index (κ2) is 6.38. The number of benzene rings is 1. The Hall–Kier alpha value is -2.17. The molecule has 0 amide bonds. The molecule has 24 heavy (non-hydrogen) atoms. The average Bonchev–Trinajstić information content (AvgIpc) is 2.56. The predicted molar refractivity (Wildman–Crippen MR) is 78.5 cm³/mol. The van der Waals surface area contributed by atoms with E-state index >= 15 is 0 Å². The van der Waals surface area contributed by atoms with Crippen molar-refractivity contribution in [3.05, 3.63) is 34.7 Å². The zero-order chi connectivity index (χ0) is 17.4. The van der Waals surface area contributed by atoms with Gasteiger partial charge in [-0.05, 0) is 12.1 Å². The van der Waals surface area contributed by atoms with Crippen LogP contribution in [0.15, 0.2) is 33.5 Å². The first-order chi connectivity index (χ1) is 11.4. The van der Waals surface area contributed by atoms with Gasteiger partial charge in [-0.25, -0.2) is 4.79 Å². The van der Waals surface area contributed by atoms with Gasteiger partial charge >= 0.3 is 5.63 Å². The molecular weight excluding hydrogens is 324 g/mol. The number of phenolic OH excluding ortho intramolecular Hbond substituents is 1. The van der Waals surface area contributed by atoms with E-state index in [4.69, 9.17) is 19.0 Å². The van der Waals surface area contributed by atoms with Gasteiger partial charge in [-0.3, -0.25) is 0 Å². The molecule has 0 bridgehead atoms. The molecule has 0 unspecified atom stereocenters. The predicted octanol–water partition coefficient (Wildman–Crippen LogP) is -1.32. The first kappa shape index (κ1) is 16.7. The Morgan fingerprint density at radius 3 is 2.54 bits per heavy atom. The third-order valence-electron chi connectivity index (χ3n) is 3.79. The van der Waals surface area contributed by atoms with Crippen molar-refractivity contribution in [2.45, 2.75) is 30.7 Å². The van der Waals surface area contributed by atoms with Crippen LogP contribution in [0.1, 0.15) is 0 Å². The summed E-state index contributed by atoms with van der Waals surface area (Å²) >= 11 is 0. The lowest BCUT2D eigenvalue weighted by Gasteiger charge is -2.39.